The first-order valence-electron chi connectivity index (χ1n) is 4.71. The zero-order valence-electron chi connectivity index (χ0n) is 8.64. The van der Waals surface area contributed by atoms with E-state index in [0.717, 1.165) is 11.1 Å². The monoisotopic (exact) mass is 204 g/mol. The van der Waals surface area contributed by atoms with E-state index in [9.17, 15) is 5.11 Å². The second-order valence-corrected chi connectivity index (χ2v) is 3.43. The van der Waals surface area contributed by atoms with Crippen molar-refractivity contribution >= 4 is 0 Å². The summed E-state index contributed by atoms with van der Waals surface area (Å²) in [4.78, 5) is 3.96. The summed E-state index contributed by atoms with van der Waals surface area (Å²) >= 11 is 0. The molecule has 0 radical (unpaired) electrons. The number of pyridine rings is 1. The molecule has 0 saturated carbocycles. The van der Waals surface area contributed by atoms with Gasteiger partial charge in [0.15, 0.2) is 0 Å². The second-order valence-electron chi connectivity index (χ2n) is 3.43. The first-order valence-corrected chi connectivity index (χ1v) is 4.71. The quantitative estimate of drug-likeness (QED) is 0.809. The molecule has 4 heteroatoms. The molecule has 0 aliphatic rings. The zero-order valence-corrected chi connectivity index (χ0v) is 8.64. The Morgan fingerprint density at radius 1 is 1.40 bits per heavy atom. The summed E-state index contributed by atoms with van der Waals surface area (Å²) in [5.74, 6) is 0.642. The maximum Gasteiger partial charge on any atom is 0.140 e. The van der Waals surface area contributed by atoms with Gasteiger partial charge in [-0.15, -0.1) is 0 Å². The lowest BCUT2D eigenvalue weighted by atomic mass is 10.0. The van der Waals surface area contributed by atoms with Crippen LogP contribution in [0.3, 0.4) is 0 Å². The Labute approximate surface area is 87.6 Å². The van der Waals surface area contributed by atoms with Crippen LogP contribution in [-0.4, -0.2) is 15.2 Å². The highest BCUT2D eigenvalue weighted by Gasteiger charge is 2.19. The molecule has 1 atom stereocenters. The van der Waals surface area contributed by atoms with Crippen LogP contribution in [0.4, 0.5) is 0 Å². The van der Waals surface area contributed by atoms with Crippen LogP contribution in [0.2, 0.25) is 0 Å². The van der Waals surface area contributed by atoms with E-state index >= 15 is 0 Å². The van der Waals surface area contributed by atoms with Crippen LogP contribution >= 0.6 is 0 Å². The van der Waals surface area contributed by atoms with Gasteiger partial charge in [0.05, 0.1) is 11.3 Å². The van der Waals surface area contributed by atoms with Crippen molar-refractivity contribution in [3.63, 3.8) is 0 Å². The molecule has 0 saturated heterocycles. The van der Waals surface area contributed by atoms with Crippen molar-refractivity contribution in [1.29, 1.82) is 0 Å². The largest absolute Gasteiger partial charge is 0.383 e. The van der Waals surface area contributed by atoms with Gasteiger partial charge in [0.25, 0.3) is 0 Å². The molecule has 78 valence electrons. The Hall–Kier alpha value is -1.68. The van der Waals surface area contributed by atoms with Crippen LogP contribution in [0.1, 0.15) is 28.7 Å². The van der Waals surface area contributed by atoms with Crippen molar-refractivity contribution < 1.29 is 9.63 Å². The fourth-order valence-electron chi connectivity index (χ4n) is 1.58. The number of rotatable bonds is 2. The standard InChI is InChI=1S/C11H12N2O2/c1-7-10(8(2)15-13-7)11(14)9-4-3-5-12-6-9/h3-6,11,14H,1-2H3. The Morgan fingerprint density at radius 3 is 2.73 bits per heavy atom. The van der Waals surface area contributed by atoms with Crippen LogP contribution < -0.4 is 0 Å². The zero-order chi connectivity index (χ0) is 10.8. The van der Waals surface area contributed by atoms with E-state index in [1.54, 1.807) is 25.4 Å². The topological polar surface area (TPSA) is 59.2 Å². The molecule has 0 bridgehead atoms. The molecule has 4 nitrogen and oxygen atoms in total. The van der Waals surface area contributed by atoms with Crippen LogP contribution in [-0.2, 0) is 0 Å². The van der Waals surface area contributed by atoms with Gasteiger partial charge in [-0.2, -0.15) is 0 Å². The third kappa shape index (κ3) is 1.76. The lowest BCUT2D eigenvalue weighted by molar-refractivity contribution is 0.217. The molecule has 15 heavy (non-hydrogen) atoms. The van der Waals surface area contributed by atoms with Crippen LogP contribution in [0.25, 0.3) is 0 Å². The van der Waals surface area contributed by atoms with Crippen molar-refractivity contribution in [1.82, 2.24) is 10.1 Å². The summed E-state index contributed by atoms with van der Waals surface area (Å²) in [7, 11) is 0. The summed E-state index contributed by atoms with van der Waals surface area (Å²) in [5.41, 5.74) is 2.18. The minimum atomic E-state index is -0.718. The highest BCUT2D eigenvalue weighted by atomic mass is 16.5. The molecule has 2 aromatic rings. The Morgan fingerprint density at radius 2 is 2.20 bits per heavy atom. The fourth-order valence-corrected chi connectivity index (χ4v) is 1.58. The van der Waals surface area contributed by atoms with Crippen LogP contribution in [0.15, 0.2) is 29.0 Å². The van der Waals surface area contributed by atoms with Gasteiger partial charge in [0, 0.05) is 18.0 Å². The van der Waals surface area contributed by atoms with E-state index in [1.807, 2.05) is 13.0 Å². The maximum absolute atomic E-state index is 10.1. The number of aromatic nitrogens is 2. The molecule has 0 spiro atoms. The molecule has 2 rings (SSSR count). The van der Waals surface area contributed by atoms with Gasteiger partial charge in [0.2, 0.25) is 0 Å². The van der Waals surface area contributed by atoms with Crippen molar-refractivity contribution in [2.24, 2.45) is 0 Å². The van der Waals surface area contributed by atoms with Gasteiger partial charge in [-0.3, -0.25) is 4.98 Å². The van der Waals surface area contributed by atoms with E-state index < -0.39 is 6.10 Å². The predicted octanol–water partition coefficient (Wildman–Crippen LogP) is 1.77. The van der Waals surface area contributed by atoms with Gasteiger partial charge in [-0.05, 0) is 19.9 Å². The minimum absolute atomic E-state index is 0.642. The molecule has 0 aliphatic carbocycles. The molecule has 2 aromatic heterocycles. The highest BCUT2D eigenvalue weighted by Crippen LogP contribution is 2.26. The third-order valence-corrected chi connectivity index (χ3v) is 2.36. The van der Waals surface area contributed by atoms with E-state index in [2.05, 4.69) is 10.1 Å². The van der Waals surface area contributed by atoms with Crippen molar-refractivity contribution in [2.45, 2.75) is 20.0 Å². The molecule has 1 unspecified atom stereocenters. The van der Waals surface area contributed by atoms with Crippen LogP contribution in [0, 0.1) is 13.8 Å². The highest BCUT2D eigenvalue weighted by molar-refractivity contribution is 5.31. The molecule has 0 amide bonds. The van der Waals surface area contributed by atoms with Gasteiger partial charge in [-0.1, -0.05) is 11.2 Å². The maximum atomic E-state index is 10.1. The Kier molecular flexibility index (Phi) is 2.51. The van der Waals surface area contributed by atoms with Crippen molar-refractivity contribution in [2.75, 3.05) is 0 Å². The Balaban J connectivity index is 2.41. The smallest absolute Gasteiger partial charge is 0.140 e. The predicted molar refractivity (Wildman–Crippen MR) is 54.3 cm³/mol. The van der Waals surface area contributed by atoms with E-state index in [0.29, 0.717) is 11.5 Å². The molecule has 1 N–H and O–H groups in total. The van der Waals surface area contributed by atoms with Crippen molar-refractivity contribution in [3.05, 3.63) is 47.1 Å². The molecule has 0 fully saturated rings. The van der Waals surface area contributed by atoms with Crippen molar-refractivity contribution in [3.8, 4) is 0 Å². The van der Waals surface area contributed by atoms with E-state index in [4.69, 9.17) is 4.52 Å². The summed E-state index contributed by atoms with van der Waals surface area (Å²) in [6, 6.07) is 3.61. The average molecular weight is 204 g/mol. The third-order valence-electron chi connectivity index (χ3n) is 2.36. The number of hydrogen-bond donors (Lipinski definition) is 1. The fraction of sp³-hybridized carbons (Fsp3) is 0.273. The molecular weight excluding hydrogens is 192 g/mol. The lowest BCUT2D eigenvalue weighted by Gasteiger charge is -2.09. The normalized spacial score (nSPS) is 12.7. The Bertz CT molecular complexity index is 431. The first kappa shape index (κ1) is 9.86. The number of aryl methyl sites for hydroxylation is 2. The average Bonchev–Trinajstić information content (AvgIpc) is 2.59. The van der Waals surface area contributed by atoms with Crippen LogP contribution in [0.5, 0.6) is 0 Å². The number of hydrogen-bond acceptors (Lipinski definition) is 4. The minimum Gasteiger partial charge on any atom is -0.383 e. The summed E-state index contributed by atoms with van der Waals surface area (Å²) in [5, 5.41) is 13.9. The number of aliphatic hydroxyl groups is 1. The van der Waals surface area contributed by atoms with E-state index in [1.165, 1.54) is 0 Å². The first-order chi connectivity index (χ1) is 7.20. The van der Waals surface area contributed by atoms with E-state index in [-0.39, 0.29) is 0 Å². The summed E-state index contributed by atoms with van der Waals surface area (Å²) in [6.45, 7) is 3.60. The number of aliphatic hydroxyl groups excluding tert-OH is 1. The lowest BCUT2D eigenvalue weighted by Crippen LogP contribution is -2.02. The molecular formula is C11H12N2O2. The van der Waals surface area contributed by atoms with Gasteiger partial charge >= 0.3 is 0 Å². The van der Waals surface area contributed by atoms with Gasteiger partial charge in [0.1, 0.15) is 11.9 Å². The van der Waals surface area contributed by atoms with Gasteiger partial charge in [-0.25, -0.2) is 0 Å². The summed E-state index contributed by atoms with van der Waals surface area (Å²) < 4.78 is 5.01. The second kappa shape index (κ2) is 3.82. The van der Waals surface area contributed by atoms with Gasteiger partial charge < -0.3 is 9.63 Å². The molecule has 0 aliphatic heterocycles. The molecule has 0 aromatic carbocycles. The SMILES string of the molecule is Cc1noc(C)c1C(O)c1cccnc1. The summed E-state index contributed by atoms with van der Waals surface area (Å²) in [6.07, 6.45) is 2.59. The molecule has 2 heterocycles. The number of nitrogens with zero attached hydrogens (tertiary/aromatic N) is 2.